The molecular formula is C54H37N5O2. The van der Waals surface area contributed by atoms with Gasteiger partial charge in [0.25, 0.3) is 0 Å². The highest BCUT2D eigenvalue weighted by molar-refractivity contribution is 6.09. The van der Waals surface area contributed by atoms with Crippen molar-refractivity contribution < 1.29 is 9.47 Å². The molecule has 2 atom stereocenters. The van der Waals surface area contributed by atoms with Gasteiger partial charge in [0.05, 0.1) is 33.3 Å². The van der Waals surface area contributed by atoms with Crippen LogP contribution in [0.3, 0.4) is 0 Å². The second kappa shape index (κ2) is 13.3. The summed E-state index contributed by atoms with van der Waals surface area (Å²) in [5, 5.41) is 2.10. The van der Waals surface area contributed by atoms with Gasteiger partial charge < -0.3 is 9.47 Å². The zero-order chi connectivity index (χ0) is 40.7. The van der Waals surface area contributed by atoms with Gasteiger partial charge in [-0.15, -0.1) is 0 Å². The standard InChI is InChI=1S/C54H37N5O2/c1-53(50-16-7-9-26-55-50)44-14-5-3-12-38(44)40-22-18-34(30-46(40)53)60-36-20-24-42-43-25-21-37(33-49(43)59(48(42)32-36)52-57-28-11-29-58-52)61-35-19-23-41-39-13-4-6-15-45(39)54(2,47(41)31-35)51-17-8-10-27-56-51/h3-33H,1-2H3. The van der Waals surface area contributed by atoms with Gasteiger partial charge in [0.1, 0.15) is 23.0 Å². The van der Waals surface area contributed by atoms with Crippen LogP contribution in [0.2, 0.25) is 0 Å². The predicted molar refractivity (Wildman–Crippen MR) is 240 cm³/mol. The lowest BCUT2D eigenvalue weighted by molar-refractivity contribution is 0.481. The molecule has 2 unspecified atom stereocenters. The number of aromatic nitrogens is 5. The van der Waals surface area contributed by atoms with E-state index < -0.39 is 10.8 Å². The lowest BCUT2D eigenvalue weighted by Gasteiger charge is -2.27. The average molecular weight is 788 g/mol. The molecule has 0 spiro atoms. The fourth-order valence-electron chi connectivity index (χ4n) is 9.94. The van der Waals surface area contributed by atoms with Crippen LogP contribution >= 0.6 is 0 Å². The Morgan fingerprint density at radius 2 is 0.787 bits per heavy atom. The zero-order valence-corrected chi connectivity index (χ0v) is 33.5. The molecule has 0 radical (unpaired) electrons. The van der Waals surface area contributed by atoms with Crippen LogP contribution in [0.1, 0.15) is 47.5 Å². The average Bonchev–Trinajstić information content (AvgIpc) is 3.88. The second-order valence-corrected chi connectivity index (χ2v) is 16.1. The molecule has 0 aliphatic heterocycles. The number of benzene rings is 6. The molecule has 0 saturated heterocycles. The van der Waals surface area contributed by atoms with Gasteiger partial charge in [-0.25, -0.2) is 9.97 Å². The molecule has 7 nitrogen and oxygen atoms in total. The maximum Gasteiger partial charge on any atom is 0.234 e. The molecule has 6 aromatic carbocycles. The third-order valence-electron chi connectivity index (χ3n) is 12.9. The summed E-state index contributed by atoms with van der Waals surface area (Å²) in [6.45, 7) is 4.52. The second-order valence-electron chi connectivity index (χ2n) is 16.1. The molecule has 2 aliphatic rings. The molecule has 0 fully saturated rings. The first-order chi connectivity index (χ1) is 30.0. The van der Waals surface area contributed by atoms with E-state index in [0.717, 1.165) is 44.7 Å². The van der Waals surface area contributed by atoms with Gasteiger partial charge in [0.15, 0.2) is 0 Å². The summed E-state index contributed by atoms with van der Waals surface area (Å²) in [7, 11) is 0. The number of hydrogen-bond acceptors (Lipinski definition) is 6. The van der Waals surface area contributed by atoms with E-state index in [-0.39, 0.29) is 0 Å². The molecule has 4 heterocycles. The van der Waals surface area contributed by atoms with Crippen molar-refractivity contribution in [2.24, 2.45) is 0 Å². The highest BCUT2D eigenvalue weighted by Crippen LogP contribution is 2.54. The molecule has 12 rings (SSSR count). The fraction of sp³-hybridized carbons (Fsp3) is 0.0741. The molecule has 4 aromatic heterocycles. The Morgan fingerprint density at radius 3 is 1.26 bits per heavy atom. The number of ether oxygens (including phenoxy) is 2. The van der Waals surface area contributed by atoms with Crippen molar-refractivity contribution in [1.29, 1.82) is 0 Å². The molecule has 0 N–H and O–H groups in total. The maximum absolute atomic E-state index is 6.73. The minimum absolute atomic E-state index is 0.434. The summed E-state index contributed by atoms with van der Waals surface area (Å²) < 4.78 is 15.6. The smallest absolute Gasteiger partial charge is 0.234 e. The first-order valence-electron chi connectivity index (χ1n) is 20.5. The van der Waals surface area contributed by atoms with Gasteiger partial charge in [0, 0.05) is 47.7 Å². The van der Waals surface area contributed by atoms with Crippen LogP contribution in [0.4, 0.5) is 0 Å². The van der Waals surface area contributed by atoms with Crippen LogP contribution in [0, 0.1) is 0 Å². The Kier molecular flexibility index (Phi) is 7.65. The molecule has 0 amide bonds. The van der Waals surface area contributed by atoms with E-state index >= 15 is 0 Å². The topological polar surface area (TPSA) is 75.0 Å². The minimum atomic E-state index is -0.434. The molecule has 290 valence electrons. The van der Waals surface area contributed by atoms with Crippen LogP contribution in [0.25, 0.3) is 50.0 Å². The Morgan fingerprint density at radius 1 is 0.377 bits per heavy atom. The van der Waals surface area contributed by atoms with Crippen LogP contribution in [0.15, 0.2) is 189 Å². The first kappa shape index (κ1) is 35.1. The lowest BCUT2D eigenvalue weighted by atomic mass is 9.77. The number of pyridine rings is 2. The summed E-state index contributed by atoms with van der Waals surface area (Å²) in [5.41, 5.74) is 12.6. The molecule has 2 aliphatic carbocycles. The van der Waals surface area contributed by atoms with E-state index in [1.807, 2.05) is 42.7 Å². The summed E-state index contributed by atoms with van der Waals surface area (Å²) in [6, 6.07) is 56.5. The largest absolute Gasteiger partial charge is 0.457 e. The van der Waals surface area contributed by atoms with Crippen molar-refractivity contribution in [2.45, 2.75) is 24.7 Å². The van der Waals surface area contributed by atoms with Crippen molar-refractivity contribution in [2.75, 3.05) is 0 Å². The minimum Gasteiger partial charge on any atom is -0.457 e. The Bertz CT molecular complexity index is 3150. The maximum atomic E-state index is 6.73. The van der Waals surface area contributed by atoms with Crippen molar-refractivity contribution in [3.05, 3.63) is 222 Å². The molecular weight excluding hydrogens is 751 g/mol. The van der Waals surface area contributed by atoms with E-state index in [4.69, 9.17) is 29.4 Å². The Hall–Kier alpha value is -7.90. The Labute approximate surface area is 352 Å². The number of rotatable bonds is 7. The van der Waals surface area contributed by atoms with Crippen LogP contribution in [-0.2, 0) is 10.8 Å². The molecule has 0 bridgehead atoms. The fourth-order valence-corrected chi connectivity index (χ4v) is 9.94. The predicted octanol–water partition coefficient (Wildman–Crippen LogP) is 12.6. The number of hydrogen-bond donors (Lipinski definition) is 0. The molecule has 10 aromatic rings. The van der Waals surface area contributed by atoms with Crippen LogP contribution in [0.5, 0.6) is 23.0 Å². The van der Waals surface area contributed by atoms with Crippen molar-refractivity contribution in [3.63, 3.8) is 0 Å². The molecule has 61 heavy (non-hydrogen) atoms. The summed E-state index contributed by atoms with van der Waals surface area (Å²) in [5.74, 6) is 3.46. The van der Waals surface area contributed by atoms with Crippen LogP contribution < -0.4 is 9.47 Å². The molecule has 0 saturated carbocycles. The first-order valence-corrected chi connectivity index (χ1v) is 20.5. The van der Waals surface area contributed by atoms with Gasteiger partial charge in [-0.2, -0.15) is 0 Å². The SMILES string of the molecule is CC1(c2ccccn2)c2ccccc2-c2ccc(Oc3ccc4c5ccc(Oc6ccc7c(c6)C(C)(c6ccccn6)c6ccccc6-7)cc5n(-c5ncccn5)c4c3)cc21. The quantitative estimate of drug-likeness (QED) is 0.160. The van der Waals surface area contributed by atoms with Crippen molar-refractivity contribution in [1.82, 2.24) is 24.5 Å². The lowest BCUT2D eigenvalue weighted by Crippen LogP contribution is -2.23. The summed E-state index contributed by atoms with van der Waals surface area (Å²) >= 11 is 0. The number of nitrogens with zero attached hydrogens (tertiary/aromatic N) is 5. The highest BCUT2D eigenvalue weighted by atomic mass is 16.5. The van der Waals surface area contributed by atoms with Gasteiger partial charge >= 0.3 is 0 Å². The third kappa shape index (κ3) is 5.23. The van der Waals surface area contributed by atoms with Gasteiger partial charge in [-0.05, 0) is 137 Å². The van der Waals surface area contributed by atoms with E-state index in [1.165, 1.54) is 44.5 Å². The van der Waals surface area contributed by atoms with Crippen LogP contribution in [-0.4, -0.2) is 24.5 Å². The number of fused-ring (bicyclic) bond motifs is 9. The van der Waals surface area contributed by atoms with E-state index in [0.29, 0.717) is 17.4 Å². The zero-order valence-electron chi connectivity index (χ0n) is 33.5. The van der Waals surface area contributed by atoms with E-state index in [2.05, 4.69) is 152 Å². The van der Waals surface area contributed by atoms with E-state index in [1.54, 1.807) is 12.4 Å². The van der Waals surface area contributed by atoms with E-state index in [9.17, 15) is 0 Å². The van der Waals surface area contributed by atoms with Crippen molar-refractivity contribution in [3.8, 4) is 51.2 Å². The van der Waals surface area contributed by atoms with Gasteiger partial charge in [-0.3, -0.25) is 14.5 Å². The molecule has 7 heteroatoms. The highest BCUT2D eigenvalue weighted by Gasteiger charge is 2.43. The summed E-state index contributed by atoms with van der Waals surface area (Å²) in [4.78, 5) is 19.1. The Balaban J connectivity index is 0.931. The van der Waals surface area contributed by atoms with Crippen molar-refractivity contribution >= 4 is 21.8 Å². The normalized spacial score (nSPS) is 17.1. The monoisotopic (exact) mass is 787 g/mol. The van der Waals surface area contributed by atoms with Gasteiger partial charge in [0.2, 0.25) is 5.95 Å². The summed E-state index contributed by atoms with van der Waals surface area (Å²) in [6.07, 6.45) is 7.27. The van der Waals surface area contributed by atoms with Gasteiger partial charge in [-0.1, -0.05) is 72.8 Å². The third-order valence-corrected chi connectivity index (χ3v) is 12.9.